The van der Waals surface area contributed by atoms with Crippen molar-refractivity contribution in [2.75, 3.05) is 26.0 Å². The Morgan fingerprint density at radius 1 is 1.28 bits per heavy atom. The first-order valence-corrected chi connectivity index (χ1v) is 9.12. The Morgan fingerprint density at radius 2 is 2.00 bits per heavy atom. The molecule has 25 heavy (non-hydrogen) atoms. The number of hydrogen-bond acceptors (Lipinski definition) is 6. The highest BCUT2D eigenvalue weighted by atomic mass is 32.2. The van der Waals surface area contributed by atoms with Gasteiger partial charge < -0.3 is 9.64 Å². The summed E-state index contributed by atoms with van der Waals surface area (Å²) in [7, 11) is 1.40. The highest BCUT2D eigenvalue weighted by Crippen LogP contribution is 2.22. The van der Waals surface area contributed by atoms with Gasteiger partial charge in [0.25, 0.3) is 0 Å². The van der Waals surface area contributed by atoms with E-state index in [2.05, 4.69) is 15.2 Å². The minimum atomic E-state index is -0.185. The minimum absolute atomic E-state index is 0.0411. The number of benzene rings is 1. The lowest BCUT2D eigenvalue weighted by Crippen LogP contribution is -2.41. The second-order valence-electron chi connectivity index (χ2n) is 5.80. The highest BCUT2D eigenvalue weighted by molar-refractivity contribution is 7.99. The van der Waals surface area contributed by atoms with E-state index in [1.54, 1.807) is 4.90 Å². The molecule has 0 bridgehead atoms. The van der Waals surface area contributed by atoms with Crippen LogP contribution >= 0.6 is 11.8 Å². The van der Waals surface area contributed by atoms with Crippen molar-refractivity contribution in [3.05, 3.63) is 30.3 Å². The first-order valence-electron chi connectivity index (χ1n) is 8.13. The number of rotatable bonds is 5. The normalized spacial score (nSPS) is 15.2. The van der Waals surface area contributed by atoms with Crippen molar-refractivity contribution in [2.45, 2.75) is 18.0 Å². The number of aromatic amines is 1. The van der Waals surface area contributed by atoms with Crippen LogP contribution in [0.1, 0.15) is 12.8 Å². The number of methoxy groups -OCH3 is 1. The molecule has 0 saturated carbocycles. The Labute approximate surface area is 150 Å². The number of nitrogens with one attached hydrogen (secondary N) is 1. The van der Waals surface area contributed by atoms with Crippen molar-refractivity contribution in [3.63, 3.8) is 0 Å². The lowest BCUT2D eigenvalue weighted by Gasteiger charge is -2.30. The first-order chi connectivity index (χ1) is 12.2. The van der Waals surface area contributed by atoms with E-state index in [-0.39, 0.29) is 23.5 Å². The molecule has 1 N–H and O–H groups in total. The van der Waals surface area contributed by atoms with Crippen LogP contribution in [0.15, 0.2) is 35.5 Å². The molecule has 3 rings (SSSR count). The van der Waals surface area contributed by atoms with Gasteiger partial charge in [-0.05, 0) is 12.8 Å². The second-order valence-corrected chi connectivity index (χ2v) is 6.74. The number of aromatic nitrogens is 3. The molecular weight excluding hydrogens is 340 g/mol. The summed E-state index contributed by atoms with van der Waals surface area (Å²) in [5.41, 5.74) is 0.957. The van der Waals surface area contributed by atoms with Crippen molar-refractivity contribution >= 4 is 23.6 Å². The smallest absolute Gasteiger partial charge is 0.308 e. The topological polar surface area (TPSA) is 88.2 Å². The molecule has 132 valence electrons. The van der Waals surface area contributed by atoms with Gasteiger partial charge in [0.2, 0.25) is 11.1 Å². The van der Waals surface area contributed by atoms with E-state index in [9.17, 15) is 9.59 Å². The SMILES string of the molecule is COC(=O)C1CCN(C(=O)CSc2n[nH]c(-c3ccccc3)n2)CC1. The van der Waals surface area contributed by atoms with Gasteiger partial charge in [-0.25, -0.2) is 4.98 Å². The summed E-state index contributed by atoms with van der Waals surface area (Å²) in [6.45, 7) is 1.17. The fourth-order valence-electron chi connectivity index (χ4n) is 2.78. The van der Waals surface area contributed by atoms with E-state index >= 15 is 0 Å². The Balaban J connectivity index is 1.49. The number of thioether (sulfide) groups is 1. The fraction of sp³-hybridized carbons (Fsp3) is 0.412. The molecule has 8 heteroatoms. The molecule has 1 fully saturated rings. The van der Waals surface area contributed by atoms with Gasteiger partial charge in [-0.3, -0.25) is 14.7 Å². The average Bonchev–Trinajstić information content (AvgIpc) is 3.15. The fourth-order valence-corrected chi connectivity index (χ4v) is 3.49. The summed E-state index contributed by atoms with van der Waals surface area (Å²) in [6, 6.07) is 9.72. The largest absolute Gasteiger partial charge is 0.469 e. The van der Waals surface area contributed by atoms with Crippen LogP contribution in [0, 0.1) is 5.92 Å². The van der Waals surface area contributed by atoms with Gasteiger partial charge >= 0.3 is 5.97 Å². The van der Waals surface area contributed by atoms with E-state index < -0.39 is 0 Å². The van der Waals surface area contributed by atoms with Crippen LogP contribution in [0.5, 0.6) is 0 Å². The molecule has 2 aromatic rings. The summed E-state index contributed by atoms with van der Waals surface area (Å²) < 4.78 is 4.76. The number of ether oxygens (including phenoxy) is 1. The number of likely N-dealkylation sites (tertiary alicyclic amines) is 1. The molecule has 7 nitrogen and oxygen atoms in total. The molecule has 1 aliphatic heterocycles. The quantitative estimate of drug-likeness (QED) is 0.648. The summed E-state index contributed by atoms with van der Waals surface area (Å²) in [5, 5.41) is 7.60. The Morgan fingerprint density at radius 3 is 2.68 bits per heavy atom. The maximum Gasteiger partial charge on any atom is 0.308 e. The van der Waals surface area contributed by atoms with Gasteiger partial charge in [-0.1, -0.05) is 42.1 Å². The second kappa shape index (κ2) is 8.15. The average molecular weight is 360 g/mol. The molecule has 2 heterocycles. The van der Waals surface area contributed by atoms with Gasteiger partial charge in [0.1, 0.15) is 0 Å². The molecule has 0 radical (unpaired) electrons. The number of esters is 1. The number of amides is 1. The van der Waals surface area contributed by atoms with Crippen molar-refractivity contribution < 1.29 is 14.3 Å². The molecule has 0 aliphatic carbocycles. The Hall–Kier alpha value is -2.35. The molecule has 1 aliphatic rings. The third-order valence-electron chi connectivity index (χ3n) is 4.22. The first kappa shape index (κ1) is 17.5. The number of hydrogen-bond donors (Lipinski definition) is 1. The molecule has 1 aromatic carbocycles. The van der Waals surface area contributed by atoms with Gasteiger partial charge in [0.15, 0.2) is 5.82 Å². The molecule has 1 saturated heterocycles. The zero-order chi connectivity index (χ0) is 17.6. The van der Waals surface area contributed by atoms with E-state index in [4.69, 9.17) is 4.74 Å². The Kier molecular flexibility index (Phi) is 5.70. The minimum Gasteiger partial charge on any atom is -0.469 e. The van der Waals surface area contributed by atoms with Crippen molar-refractivity contribution in [1.82, 2.24) is 20.1 Å². The van der Waals surface area contributed by atoms with E-state index in [0.717, 1.165) is 5.56 Å². The van der Waals surface area contributed by atoms with Crippen LogP contribution in [-0.4, -0.2) is 57.9 Å². The molecule has 0 spiro atoms. The maximum absolute atomic E-state index is 12.3. The van der Waals surface area contributed by atoms with Crippen molar-refractivity contribution in [1.29, 1.82) is 0 Å². The van der Waals surface area contributed by atoms with Gasteiger partial charge in [0, 0.05) is 18.7 Å². The highest BCUT2D eigenvalue weighted by Gasteiger charge is 2.27. The molecular formula is C17H20N4O3S. The molecule has 0 unspecified atom stereocenters. The number of carbonyl (C=O) groups excluding carboxylic acids is 2. The van der Waals surface area contributed by atoms with E-state index in [1.165, 1.54) is 18.9 Å². The van der Waals surface area contributed by atoms with Crippen LogP contribution in [0.3, 0.4) is 0 Å². The number of carbonyl (C=O) groups is 2. The zero-order valence-corrected chi connectivity index (χ0v) is 14.8. The van der Waals surface area contributed by atoms with Crippen LogP contribution in [0.25, 0.3) is 11.4 Å². The molecule has 1 amide bonds. The molecule has 0 atom stereocenters. The van der Waals surface area contributed by atoms with Crippen molar-refractivity contribution in [2.24, 2.45) is 5.92 Å². The third kappa shape index (κ3) is 4.39. The van der Waals surface area contributed by atoms with Crippen LogP contribution in [0.4, 0.5) is 0 Å². The summed E-state index contributed by atoms with van der Waals surface area (Å²) in [4.78, 5) is 30.0. The summed E-state index contributed by atoms with van der Waals surface area (Å²) >= 11 is 1.31. The molecule has 1 aromatic heterocycles. The summed E-state index contributed by atoms with van der Waals surface area (Å²) in [6.07, 6.45) is 1.31. The number of nitrogens with zero attached hydrogens (tertiary/aromatic N) is 3. The van der Waals surface area contributed by atoms with Gasteiger partial charge in [0.05, 0.1) is 18.8 Å². The monoisotopic (exact) mass is 360 g/mol. The standard InChI is InChI=1S/C17H20N4O3S/c1-24-16(23)13-7-9-21(10-8-13)14(22)11-25-17-18-15(19-20-17)12-5-3-2-4-6-12/h2-6,13H,7-11H2,1H3,(H,18,19,20). The van der Waals surface area contributed by atoms with Crippen LogP contribution < -0.4 is 0 Å². The Bertz CT molecular complexity index is 727. The zero-order valence-electron chi connectivity index (χ0n) is 14.0. The van der Waals surface area contributed by atoms with Crippen LogP contribution in [0.2, 0.25) is 0 Å². The van der Waals surface area contributed by atoms with Crippen molar-refractivity contribution in [3.8, 4) is 11.4 Å². The van der Waals surface area contributed by atoms with Gasteiger partial charge in [-0.2, -0.15) is 0 Å². The van der Waals surface area contributed by atoms with Crippen LogP contribution in [-0.2, 0) is 14.3 Å². The van der Waals surface area contributed by atoms with E-state index in [1.807, 2.05) is 30.3 Å². The predicted octanol–water partition coefficient (Wildman–Crippen LogP) is 1.98. The van der Waals surface area contributed by atoms with Gasteiger partial charge in [-0.15, -0.1) is 5.10 Å². The number of piperidine rings is 1. The lowest BCUT2D eigenvalue weighted by molar-refractivity contribution is -0.148. The van der Waals surface area contributed by atoms with E-state index in [0.29, 0.717) is 36.9 Å². The summed E-state index contributed by atoms with van der Waals surface area (Å²) in [5.74, 6) is 0.738. The predicted molar refractivity (Wildman–Crippen MR) is 93.9 cm³/mol. The lowest BCUT2D eigenvalue weighted by atomic mass is 9.97. The number of H-pyrrole nitrogens is 1. The maximum atomic E-state index is 12.3. The third-order valence-corrected chi connectivity index (χ3v) is 5.05.